The van der Waals surface area contributed by atoms with Gasteiger partial charge in [0.1, 0.15) is 0 Å². The Bertz CT molecular complexity index is 388. The van der Waals surface area contributed by atoms with Crippen LogP contribution in [0.25, 0.3) is 0 Å². The van der Waals surface area contributed by atoms with E-state index in [2.05, 4.69) is 27.9 Å². The van der Waals surface area contributed by atoms with Gasteiger partial charge in [-0.05, 0) is 59.7 Å². The van der Waals surface area contributed by atoms with E-state index in [0.717, 1.165) is 15.7 Å². The molecular weight excluding hydrogens is 354 g/mol. The molecule has 0 spiro atoms. The molecule has 1 aromatic rings. The highest BCUT2D eigenvalue weighted by atomic mass is 127. The van der Waals surface area contributed by atoms with Crippen molar-refractivity contribution >= 4 is 28.3 Å². The van der Waals surface area contributed by atoms with Gasteiger partial charge in [0, 0.05) is 15.3 Å². The first-order valence-corrected chi connectivity index (χ1v) is 7.13. The number of anilines is 1. The second kappa shape index (κ2) is 5.67. The second-order valence-electron chi connectivity index (χ2n) is 4.69. The lowest BCUT2D eigenvalue weighted by molar-refractivity contribution is -0.184. The monoisotopic (exact) mass is 369 g/mol. The van der Waals surface area contributed by atoms with Gasteiger partial charge >= 0.3 is 6.18 Å². The molecule has 2 rings (SSSR count). The first kappa shape index (κ1) is 14.0. The molecule has 5 heteroatoms. The quantitative estimate of drug-likeness (QED) is 0.737. The van der Waals surface area contributed by atoms with Gasteiger partial charge in [0.2, 0.25) is 0 Å². The van der Waals surface area contributed by atoms with Crippen molar-refractivity contribution in [2.45, 2.75) is 37.9 Å². The van der Waals surface area contributed by atoms with E-state index in [1.54, 1.807) is 0 Å². The molecule has 1 aromatic carbocycles. The number of rotatable bonds is 2. The first-order valence-electron chi connectivity index (χ1n) is 6.05. The highest BCUT2D eigenvalue weighted by Gasteiger charge is 2.45. The minimum Gasteiger partial charge on any atom is -0.382 e. The third-order valence-electron chi connectivity index (χ3n) is 3.38. The molecule has 0 saturated heterocycles. The van der Waals surface area contributed by atoms with Gasteiger partial charge in [-0.2, -0.15) is 13.2 Å². The molecule has 1 saturated carbocycles. The van der Waals surface area contributed by atoms with Crippen LogP contribution < -0.4 is 5.32 Å². The first-order chi connectivity index (χ1) is 8.47. The van der Waals surface area contributed by atoms with Gasteiger partial charge in [0.15, 0.2) is 0 Å². The van der Waals surface area contributed by atoms with E-state index in [-0.39, 0.29) is 6.42 Å². The zero-order valence-corrected chi connectivity index (χ0v) is 12.0. The summed E-state index contributed by atoms with van der Waals surface area (Å²) < 4.78 is 39.8. The Morgan fingerprint density at radius 1 is 1.06 bits per heavy atom. The smallest absolute Gasteiger partial charge is 0.382 e. The van der Waals surface area contributed by atoms with E-state index in [4.69, 9.17) is 0 Å². The zero-order chi connectivity index (χ0) is 13.2. The molecule has 2 atom stereocenters. The van der Waals surface area contributed by atoms with Gasteiger partial charge in [-0.1, -0.05) is 12.8 Å². The fourth-order valence-electron chi connectivity index (χ4n) is 2.46. The number of hydrogen-bond acceptors (Lipinski definition) is 1. The van der Waals surface area contributed by atoms with Crippen molar-refractivity contribution in [2.24, 2.45) is 5.92 Å². The zero-order valence-electron chi connectivity index (χ0n) is 9.80. The van der Waals surface area contributed by atoms with Crippen molar-refractivity contribution in [2.75, 3.05) is 5.32 Å². The summed E-state index contributed by atoms with van der Waals surface area (Å²) in [6.07, 6.45) is -1.72. The van der Waals surface area contributed by atoms with Crippen LogP contribution in [-0.4, -0.2) is 12.2 Å². The molecule has 1 nitrogen and oxygen atoms in total. The predicted octanol–water partition coefficient (Wildman–Crippen LogP) is 4.82. The molecular formula is C13H15F3IN. The standard InChI is InChI=1S/C13H15F3IN/c14-13(15,16)11-3-1-2-4-12(11)18-10-7-5-9(17)6-8-10/h5-8,11-12,18H,1-4H2. The lowest BCUT2D eigenvalue weighted by Crippen LogP contribution is -2.41. The lowest BCUT2D eigenvalue weighted by atomic mass is 9.84. The Labute approximate surface area is 118 Å². The summed E-state index contributed by atoms with van der Waals surface area (Å²) in [7, 11) is 0. The fraction of sp³-hybridized carbons (Fsp3) is 0.538. The van der Waals surface area contributed by atoms with Crippen LogP contribution in [0, 0.1) is 9.49 Å². The predicted molar refractivity (Wildman–Crippen MR) is 74.6 cm³/mol. The van der Waals surface area contributed by atoms with Gasteiger partial charge in [0.25, 0.3) is 0 Å². The third kappa shape index (κ3) is 3.52. The minimum atomic E-state index is -4.10. The van der Waals surface area contributed by atoms with Crippen molar-refractivity contribution in [1.82, 2.24) is 0 Å². The van der Waals surface area contributed by atoms with Crippen LogP contribution >= 0.6 is 22.6 Å². The highest BCUT2D eigenvalue weighted by molar-refractivity contribution is 14.1. The molecule has 1 N–H and O–H groups in total. The SMILES string of the molecule is FC(F)(F)C1CCCCC1Nc1ccc(I)cc1. The number of alkyl halides is 3. The Balaban J connectivity index is 2.08. The van der Waals surface area contributed by atoms with Crippen LogP contribution in [0.5, 0.6) is 0 Å². The molecule has 0 radical (unpaired) electrons. The summed E-state index contributed by atoms with van der Waals surface area (Å²) in [5, 5.41) is 3.04. The van der Waals surface area contributed by atoms with E-state index < -0.39 is 18.1 Å². The van der Waals surface area contributed by atoms with Crippen LogP contribution in [0.4, 0.5) is 18.9 Å². The molecule has 0 amide bonds. The third-order valence-corrected chi connectivity index (χ3v) is 4.10. The maximum atomic E-state index is 12.9. The minimum absolute atomic E-state index is 0.242. The van der Waals surface area contributed by atoms with E-state index in [1.165, 1.54) is 0 Å². The number of nitrogens with one attached hydrogen (secondary N) is 1. The average molecular weight is 369 g/mol. The molecule has 1 aliphatic rings. The second-order valence-corrected chi connectivity index (χ2v) is 5.94. The Morgan fingerprint density at radius 2 is 1.67 bits per heavy atom. The maximum Gasteiger partial charge on any atom is 0.393 e. The summed E-state index contributed by atoms with van der Waals surface area (Å²) in [6, 6.07) is 6.98. The molecule has 1 aliphatic carbocycles. The molecule has 0 aliphatic heterocycles. The molecule has 100 valence electrons. The topological polar surface area (TPSA) is 12.0 Å². The van der Waals surface area contributed by atoms with Gasteiger partial charge < -0.3 is 5.32 Å². The normalized spacial score (nSPS) is 24.9. The largest absolute Gasteiger partial charge is 0.393 e. The number of hydrogen-bond donors (Lipinski definition) is 1. The van der Waals surface area contributed by atoms with Crippen molar-refractivity contribution in [1.29, 1.82) is 0 Å². The number of benzene rings is 1. The van der Waals surface area contributed by atoms with E-state index in [9.17, 15) is 13.2 Å². The van der Waals surface area contributed by atoms with Gasteiger partial charge in [-0.25, -0.2) is 0 Å². The summed E-state index contributed by atoms with van der Waals surface area (Å²) in [5.41, 5.74) is 0.775. The van der Waals surface area contributed by atoms with Crippen molar-refractivity contribution < 1.29 is 13.2 Å². The average Bonchev–Trinajstić information content (AvgIpc) is 2.31. The van der Waals surface area contributed by atoms with Gasteiger partial charge in [0.05, 0.1) is 5.92 Å². The van der Waals surface area contributed by atoms with Gasteiger partial charge in [-0.3, -0.25) is 0 Å². The van der Waals surface area contributed by atoms with Crippen LogP contribution in [0.3, 0.4) is 0 Å². The molecule has 0 heterocycles. The van der Waals surface area contributed by atoms with E-state index in [0.29, 0.717) is 12.8 Å². The van der Waals surface area contributed by atoms with E-state index in [1.807, 2.05) is 24.3 Å². The Kier molecular flexibility index (Phi) is 4.40. The fourth-order valence-corrected chi connectivity index (χ4v) is 2.82. The summed E-state index contributed by atoms with van der Waals surface area (Å²) >= 11 is 2.18. The molecule has 1 fully saturated rings. The Morgan fingerprint density at radius 3 is 2.28 bits per heavy atom. The van der Waals surface area contributed by atoms with E-state index >= 15 is 0 Å². The summed E-state index contributed by atoms with van der Waals surface area (Å²) in [5.74, 6) is -1.22. The van der Waals surface area contributed by atoms with Crippen LogP contribution in [0.15, 0.2) is 24.3 Å². The Hall–Kier alpha value is -0.460. The van der Waals surface area contributed by atoms with Crippen molar-refractivity contribution in [3.63, 3.8) is 0 Å². The summed E-state index contributed by atoms with van der Waals surface area (Å²) in [6.45, 7) is 0. The maximum absolute atomic E-state index is 12.9. The molecule has 18 heavy (non-hydrogen) atoms. The highest BCUT2D eigenvalue weighted by Crippen LogP contribution is 2.39. The summed E-state index contributed by atoms with van der Waals surface area (Å²) in [4.78, 5) is 0. The number of halogens is 4. The van der Waals surface area contributed by atoms with Crippen LogP contribution in [0.2, 0.25) is 0 Å². The van der Waals surface area contributed by atoms with Crippen molar-refractivity contribution in [3.8, 4) is 0 Å². The molecule has 2 unspecified atom stereocenters. The lowest BCUT2D eigenvalue weighted by Gasteiger charge is -2.34. The van der Waals surface area contributed by atoms with Crippen LogP contribution in [-0.2, 0) is 0 Å². The van der Waals surface area contributed by atoms with Crippen LogP contribution in [0.1, 0.15) is 25.7 Å². The molecule has 0 aromatic heterocycles. The van der Waals surface area contributed by atoms with Gasteiger partial charge in [-0.15, -0.1) is 0 Å². The molecule has 0 bridgehead atoms. The van der Waals surface area contributed by atoms with Crippen molar-refractivity contribution in [3.05, 3.63) is 27.8 Å².